The predicted molar refractivity (Wildman–Crippen MR) is 82.2 cm³/mol. The molecule has 0 bridgehead atoms. The van der Waals surface area contributed by atoms with Crippen molar-refractivity contribution >= 4 is 11.9 Å². The summed E-state index contributed by atoms with van der Waals surface area (Å²) in [6, 6.07) is 5.02. The first-order chi connectivity index (χ1) is 11.4. The van der Waals surface area contributed by atoms with Crippen LogP contribution in [-0.2, 0) is 19.1 Å². The Morgan fingerprint density at radius 3 is 2.00 bits per heavy atom. The van der Waals surface area contributed by atoms with Crippen LogP contribution in [0.3, 0.4) is 0 Å². The molecule has 2 atom stereocenters. The van der Waals surface area contributed by atoms with Crippen molar-refractivity contribution in [2.75, 3.05) is 20.3 Å². The molecule has 1 aromatic carbocycles. The Hall–Kier alpha value is -2.64. The highest BCUT2D eigenvalue weighted by Gasteiger charge is 2.85. The van der Waals surface area contributed by atoms with Crippen molar-refractivity contribution in [2.45, 2.75) is 25.8 Å². The third-order valence-electron chi connectivity index (χ3n) is 4.09. The van der Waals surface area contributed by atoms with Crippen molar-refractivity contribution in [3.05, 3.63) is 39.9 Å². The molecule has 0 amide bonds. The predicted octanol–water partition coefficient (Wildman–Crippen LogP) is 1.55. The maximum Gasteiger partial charge on any atom is 0.331 e. The molecule has 0 spiro atoms. The van der Waals surface area contributed by atoms with Gasteiger partial charge in [-0.1, -0.05) is 12.1 Å². The summed E-state index contributed by atoms with van der Waals surface area (Å²) in [6.45, 7) is 3.17. The first-order valence-corrected chi connectivity index (χ1v) is 7.56. The lowest BCUT2D eigenvalue weighted by atomic mass is 9.99. The van der Waals surface area contributed by atoms with E-state index in [9.17, 15) is 19.7 Å². The molecule has 1 saturated carbocycles. The van der Waals surface area contributed by atoms with E-state index in [1.165, 1.54) is 7.11 Å². The van der Waals surface area contributed by atoms with E-state index in [4.69, 9.17) is 14.2 Å². The average molecular weight is 337 g/mol. The van der Waals surface area contributed by atoms with Crippen molar-refractivity contribution in [3.8, 4) is 5.75 Å². The number of ether oxygens (including phenoxy) is 3. The van der Waals surface area contributed by atoms with Gasteiger partial charge in [0.05, 0.1) is 26.2 Å². The molecule has 1 aliphatic carbocycles. The zero-order valence-electron chi connectivity index (χ0n) is 13.7. The second-order valence-corrected chi connectivity index (χ2v) is 5.29. The Morgan fingerprint density at radius 1 is 1.12 bits per heavy atom. The summed E-state index contributed by atoms with van der Waals surface area (Å²) in [4.78, 5) is 35.7. The number of benzene rings is 1. The Balaban J connectivity index is 2.47. The van der Waals surface area contributed by atoms with Crippen LogP contribution in [0.2, 0.25) is 0 Å². The van der Waals surface area contributed by atoms with Crippen LogP contribution < -0.4 is 4.74 Å². The van der Waals surface area contributed by atoms with Crippen molar-refractivity contribution in [1.82, 2.24) is 0 Å². The molecule has 2 rings (SSSR count). The minimum absolute atomic E-state index is 0.0136. The fourth-order valence-corrected chi connectivity index (χ4v) is 2.99. The lowest BCUT2D eigenvalue weighted by Gasteiger charge is -2.13. The average Bonchev–Trinajstić information content (AvgIpc) is 3.27. The number of carbonyl (C=O) groups excluding carboxylic acids is 2. The van der Waals surface area contributed by atoms with Crippen LogP contribution in [0.15, 0.2) is 24.3 Å². The summed E-state index contributed by atoms with van der Waals surface area (Å²) < 4.78 is 14.9. The zero-order chi connectivity index (χ0) is 17.9. The van der Waals surface area contributed by atoms with Crippen LogP contribution >= 0.6 is 0 Å². The monoisotopic (exact) mass is 337 g/mol. The van der Waals surface area contributed by atoms with Crippen LogP contribution in [0.4, 0.5) is 0 Å². The van der Waals surface area contributed by atoms with E-state index in [-0.39, 0.29) is 13.2 Å². The Kier molecular flexibility index (Phi) is 5.06. The SMILES string of the molecule is CCOC(=O)C1(C(=O)OCC)C(c2ccc(OC)cc2)C1[N+](=O)[O-]. The highest BCUT2D eigenvalue weighted by molar-refractivity contribution is 6.06. The van der Waals surface area contributed by atoms with Crippen molar-refractivity contribution in [3.63, 3.8) is 0 Å². The van der Waals surface area contributed by atoms with E-state index in [0.29, 0.717) is 11.3 Å². The number of methoxy groups -OCH3 is 1. The molecule has 130 valence electrons. The molecule has 1 aromatic rings. The summed E-state index contributed by atoms with van der Waals surface area (Å²) >= 11 is 0. The summed E-state index contributed by atoms with van der Waals surface area (Å²) in [6.07, 6.45) is 0. The lowest BCUT2D eigenvalue weighted by molar-refractivity contribution is -0.501. The molecular weight excluding hydrogens is 318 g/mol. The third kappa shape index (κ3) is 2.68. The normalized spacial score (nSPS) is 20.8. The van der Waals surface area contributed by atoms with Gasteiger partial charge >= 0.3 is 11.9 Å². The maximum absolute atomic E-state index is 12.4. The zero-order valence-corrected chi connectivity index (χ0v) is 13.7. The number of rotatable bonds is 7. The quantitative estimate of drug-likeness (QED) is 0.322. The maximum atomic E-state index is 12.4. The van der Waals surface area contributed by atoms with Gasteiger partial charge in [0.25, 0.3) is 0 Å². The first kappa shape index (κ1) is 17.7. The van der Waals surface area contributed by atoms with Gasteiger partial charge < -0.3 is 14.2 Å². The van der Waals surface area contributed by atoms with E-state index >= 15 is 0 Å². The number of nitrogens with zero attached hydrogens (tertiary/aromatic N) is 1. The number of nitro groups is 1. The standard InChI is InChI=1S/C16H19NO7/c1-4-23-14(18)16(15(19)24-5-2)12(13(16)17(20)21)10-6-8-11(22-3)9-7-10/h6-9,12-13H,4-5H2,1-3H3. The fraction of sp³-hybridized carbons (Fsp3) is 0.500. The molecule has 1 aliphatic rings. The fourth-order valence-electron chi connectivity index (χ4n) is 2.99. The van der Waals surface area contributed by atoms with Crippen LogP contribution in [-0.4, -0.2) is 43.2 Å². The molecule has 0 heterocycles. The molecule has 0 aromatic heterocycles. The molecule has 0 radical (unpaired) electrons. The van der Waals surface area contributed by atoms with Crippen molar-refractivity contribution in [1.29, 1.82) is 0 Å². The van der Waals surface area contributed by atoms with Gasteiger partial charge in [0.2, 0.25) is 11.5 Å². The third-order valence-corrected chi connectivity index (χ3v) is 4.09. The van der Waals surface area contributed by atoms with Gasteiger partial charge in [-0.3, -0.25) is 19.7 Å². The highest BCUT2D eigenvalue weighted by Crippen LogP contribution is 2.62. The minimum Gasteiger partial charge on any atom is -0.497 e. The van der Waals surface area contributed by atoms with E-state index in [1.807, 2.05) is 0 Å². The van der Waals surface area contributed by atoms with Crippen LogP contribution in [0.5, 0.6) is 5.75 Å². The molecule has 24 heavy (non-hydrogen) atoms. The van der Waals surface area contributed by atoms with Crippen molar-refractivity contribution in [2.24, 2.45) is 5.41 Å². The molecule has 0 N–H and O–H groups in total. The molecule has 0 saturated heterocycles. The van der Waals surface area contributed by atoms with Gasteiger partial charge in [0, 0.05) is 4.92 Å². The summed E-state index contributed by atoms with van der Waals surface area (Å²) in [7, 11) is 1.49. The summed E-state index contributed by atoms with van der Waals surface area (Å²) in [5.41, 5.74) is -1.46. The molecule has 1 fully saturated rings. The van der Waals surface area contributed by atoms with E-state index < -0.39 is 34.2 Å². The highest BCUT2D eigenvalue weighted by atomic mass is 16.6. The van der Waals surface area contributed by atoms with Crippen LogP contribution in [0.1, 0.15) is 25.3 Å². The Labute approximate surface area is 138 Å². The van der Waals surface area contributed by atoms with Gasteiger partial charge in [-0.15, -0.1) is 0 Å². The lowest BCUT2D eigenvalue weighted by Crippen LogP contribution is -2.35. The molecule has 2 unspecified atom stereocenters. The van der Waals surface area contributed by atoms with E-state index in [1.54, 1.807) is 38.1 Å². The van der Waals surface area contributed by atoms with Gasteiger partial charge in [-0.2, -0.15) is 0 Å². The van der Waals surface area contributed by atoms with Gasteiger partial charge in [0.15, 0.2) is 0 Å². The minimum atomic E-state index is -1.94. The Bertz CT molecular complexity index is 622. The molecule has 8 nitrogen and oxygen atoms in total. The smallest absolute Gasteiger partial charge is 0.331 e. The number of carbonyl (C=O) groups is 2. The van der Waals surface area contributed by atoms with Gasteiger partial charge in [-0.25, -0.2) is 0 Å². The number of hydrogen-bond donors (Lipinski definition) is 0. The number of hydrogen-bond acceptors (Lipinski definition) is 7. The largest absolute Gasteiger partial charge is 0.497 e. The second kappa shape index (κ2) is 6.86. The number of esters is 2. The van der Waals surface area contributed by atoms with Gasteiger partial charge in [-0.05, 0) is 31.5 Å². The molecular formula is C16H19NO7. The summed E-state index contributed by atoms with van der Waals surface area (Å²) in [5, 5.41) is 11.5. The van der Waals surface area contributed by atoms with E-state index in [0.717, 1.165) is 0 Å². The van der Waals surface area contributed by atoms with Crippen LogP contribution in [0.25, 0.3) is 0 Å². The second-order valence-electron chi connectivity index (χ2n) is 5.29. The Morgan fingerprint density at radius 2 is 1.62 bits per heavy atom. The molecule has 0 aliphatic heterocycles. The topological polar surface area (TPSA) is 105 Å². The van der Waals surface area contributed by atoms with Gasteiger partial charge in [0.1, 0.15) is 5.75 Å². The summed E-state index contributed by atoms with van der Waals surface area (Å²) in [5.74, 6) is -2.22. The first-order valence-electron chi connectivity index (χ1n) is 7.56. The van der Waals surface area contributed by atoms with E-state index in [2.05, 4.69) is 0 Å². The molecule has 8 heteroatoms. The van der Waals surface area contributed by atoms with Crippen molar-refractivity contribution < 1.29 is 28.7 Å². The van der Waals surface area contributed by atoms with Crippen LogP contribution in [0, 0.1) is 15.5 Å².